The molecule has 1 N–H and O–H groups in total. The monoisotopic (exact) mass is 181 g/mol. The van der Waals surface area contributed by atoms with Crippen LogP contribution in [0.2, 0.25) is 0 Å². The summed E-state index contributed by atoms with van der Waals surface area (Å²) in [4.78, 5) is 13.3. The third-order valence-electron chi connectivity index (χ3n) is 2.25. The van der Waals surface area contributed by atoms with Crippen molar-refractivity contribution in [2.75, 3.05) is 19.6 Å². The molecular weight excluding hydrogens is 166 g/mol. The van der Waals surface area contributed by atoms with Gasteiger partial charge in [-0.25, -0.2) is 0 Å². The first-order valence-electron chi connectivity index (χ1n) is 4.74. The fraction of sp³-hybridized carbons (Fsp3) is 0.778. The molecule has 0 saturated carbocycles. The molecule has 0 aromatic carbocycles. The van der Waals surface area contributed by atoms with Crippen molar-refractivity contribution in [3.63, 3.8) is 0 Å². The second kappa shape index (κ2) is 5.41. The summed E-state index contributed by atoms with van der Waals surface area (Å²) in [6.07, 6.45) is 5.72. The van der Waals surface area contributed by atoms with Crippen LogP contribution in [-0.4, -0.2) is 30.4 Å². The Morgan fingerprint density at radius 1 is 1.38 bits per heavy atom. The van der Waals surface area contributed by atoms with Gasteiger partial charge in [0, 0.05) is 26.1 Å². The predicted molar refractivity (Wildman–Crippen MR) is 48.7 cm³/mol. The first-order valence-corrected chi connectivity index (χ1v) is 4.74. The first kappa shape index (κ1) is 9.85. The molecule has 0 radical (unpaired) electrons. The van der Waals surface area contributed by atoms with Gasteiger partial charge in [-0.15, -0.1) is 0 Å². The largest absolute Gasteiger partial charge is 0.343 e. The highest BCUT2D eigenvalue weighted by Crippen LogP contribution is 2.09. The molecule has 1 amide bonds. The van der Waals surface area contributed by atoms with Crippen LogP contribution in [0.5, 0.6) is 0 Å². The van der Waals surface area contributed by atoms with Crippen molar-refractivity contribution in [3.05, 3.63) is 0 Å². The van der Waals surface area contributed by atoms with Gasteiger partial charge in [0.1, 0.15) is 0 Å². The second-order valence-electron chi connectivity index (χ2n) is 3.23. The zero-order valence-corrected chi connectivity index (χ0v) is 7.75. The number of hydrogen-bond acceptors (Lipinski definition) is 3. The molecule has 13 heavy (non-hydrogen) atoms. The molecule has 1 aliphatic heterocycles. The van der Waals surface area contributed by atoms with Crippen molar-refractivity contribution >= 4 is 5.91 Å². The minimum absolute atomic E-state index is 0.169. The standard InChI is InChI=1S/C9H15N3O/c10-8-11-5-4-9(13)12-6-2-1-3-7-12/h11H,1-7H2. The first-order chi connectivity index (χ1) is 6.34. The van der Waals surface area contributed by atoms with Gasteiger partial charge in [0.05, 0.1) is 0 Å². The van der Waals surface area contributed by atoms with Crippen LogP contribution < -0.4 is 5.32 Å². The van der Waals surface area contributed by atoms with Crippen molar-refractivity contribution < 1.29 is 4.79 Å². The average molecular weight is 181 g/mol. The van der Waals surface area contributed by atoms with Crippen LogP contribution in [0.15, 0.2) is 0 Å². The van der Waals surface area contributed by atoms with Crippen LogP contribution in [0.3, 0.4) is 0 Å². The Hall–Kier alpha value is -1.24. The van der Waals surface area contributed by atoms with E-state index >= 15 is 0 Å². The Labute approximate surface area is 78.5 Å². The van der Waals surface area contributed by atoms with Gasteiger partial charge in [0.2, 0.25) is 5.91 Å². The van der Waals surface area contributed by atoms with Crippen LogP contribution in [0, 0.1) is 11.5 Å². The third kappa shape index (κ3) is 3.32. The highest BCUT2D eigenvalue weighted by atomic mass is 16.2. The van der Waals surface area contributed by atoms with Crippen LogP contribution in [-0.2, 0) is 4.79 Å². The van der Waals surface area contributed by atoms with E-state index < -0.39 is 0 Å². The summed E-state index contributed by atoms with van der Waals surface area (Å²) in [6, 6.07) is 0. The molecule has 0 aromatic rings. The summed E-state index contributed by atoms with van der Waals surface area (Å²) in [6.45, 7) is 2.25. The summed E-state index contributed by atoms with van der Waals surface area (Å²) in [5.41, 5.74) is 0. The number of nitriles is 1. The van der Waals surface area contributed by atoms with Crippen molar-refractivity contribution in [1.29, 1.82) is 5.26 Å². The summed E-state index contributed by atoms with van der Waals surface area (Å²) >= 11 is 0. The second-order valence-corrected chi connectivity index (χ2v) is 3.23. The van der Waals surface area contributed by atoms with E-state index in [1.54, 1.807) is 6.19 Å². The van der Waals surface area contributed by atoms with E-state index in [0.717, 1.165) is 25.9 Å². The Balaban J connectivity index is 2.18. The quantitative estimate of drug-likeness (QED) is 0.391. The van der Waals surface area contributed by atoms with Crippen LogP contribution in [0.25, 0.3) is 0 Å². The van der Waals surface area contributed by atoms with Crippen LogP contribution >= 0.6 is 0 Å². The van der Waals surface area contributed by atoms with Crippen molar-refractivity contribution in [2.24, 2.45) is 0 Å². The van der Waals surface area contributed by atoms with E-state index in [4.69, 9.17) is 5.26 Å². The lowest BCUT2D eigenvalue weighted by Gasteiger charge is -2.26. The maximum absolute atomic E-state index is 11.4. The Morgan fingerprint density at radius 2 is 2.08 bits per heavy atom. The molecule has 1 rings (SSSR count). The van der Waals surface area contributed by atoms with Crippen molar-refractivity contribution in [2.45, 2.75) is 25.7 Å². The molecule has 0 aliphatic carbocycles. The van der Waals surface area contributed by atoms with Gasteiger partial charge >= 0.3 is 0 Å². The number of amides is 1. The van der Waals surface area contributed by atoms with Gasteiger partial charge in [-0.2, -0.15) is 5.26 Å². The molecule has 0 bridgehead atoms. The lowest BCUT2D eigenvalue weighted by atomic mass is 10.1. The fourth-order valence-electron chi connectivity index (χ4n) is 1.53. The van der Waals surface area contributed by atoms with E-state index in [2.05, 4.69) is 5.32 Å². The number of carbonyl (C=O) groups is 1. The zero-order chi connectivity index (χ0) is 9.52. The minimum atomic E-state index is 0.169. The van der Waals surface area contributed by atoms with Gasteiger partial charge < -0.3 is 10.2 Å². The molecule has 1 saturated heterocycles. The fourth-order valence-corrected chi connectivity index (χ4v) is 1.53. The summed E-state index contributed by atoms with van der Waals surface area (Å²) < 4.78 is 0. The van der Waals surface area contributed by atoms with Crippen molar-refractivity contribution in [1.82, 2.24) is 10.2 Å². The summed E-state index contributed by atoms with van der Waals surface area (Å²) in [5, 5.41) is 10.7. The number of nitrogens with one attached hydrogen (secondary N) is 1. The number of rotatable bonds is 3. The number of nitrogens with zero attached hydrogens (tertiary/aromatic N) is 2. The van der Waals surface area contributed by atoms with E-state index in [1.807, 2.05) is 4.90 Å². The highest BCUT2D eigenvalue weighted by Gasteiger charge is 2.15. The maximum atomic E-state index is 11.4. The van der Waals surface area contributed by atoms with Gasteiger partial charge in [-0.3, -0.25) is 4.79 Å². The lowest BCUT2D eigenvalue weighted by Crippen LogP contribution is -2.36. The molecule has 1 fully saturated rings. The number of likely N-dealkylation sites (tertiary alicyclic amines) is 1. The Morgan fingerprint density at radius 3 is 2.69 bits per heavy atom. The molecule has 1 heterocycles. The highest BCUT2D eigenvalue weighted by molar-refractivity contribution is 5.76. The van der Waals surface area contributed by atoms with Crippen LogP contribution in [0.1, 0.15) is 25.7 Å². The predicted octanol–water partition coefficient (Wildman–Crippen LogP) is 0.460. The molecule has 4 nitrogen and oxygen atoms in total. The molecule has 4 heteroatoms. The van der Waals surface area contributed by atoms with Gasteiger partial charge in [-0.1, -0.05) is 0 Å². The lowest BCUT2D eigenvalue weighted by molar-refractivity contribution is -0.131. The van der Waals surface area contributed by atoms with E-state index in [-0.39, 0.29) is 5.91 Å². The molecule has 0 spiro atoms. The van der Waals surface area contributed by atoms with E-state index in [1.165, 1.54) is 6.42 Å². The molecule has 0 unspecified atom stereocenters. The number of carbonyl (C=O) groups excluding carboxylic acids is 1. The van der Waals surface area contributed by atoms with Crippen LogP contribution in [0.4, 0.5) is 0 Å². The molecule has 0 aromatic heterocycles. The van der Waals surface area contributed by atoms with Crippen molar-refractivity contribution in [3.8, 4) is 6.19 Å². The molecule has 0 atom stereocenters. The van der Waals surface area contributed by atoms with Gasteiger partial charge in [0.25, 0.3) is 0 Å². The molecule has 72 valence electrons. The SMILES string of the molecule is N#CNCCC(=O)N1CCCCC1. The number of piperidine rings is 1. The third-order valence-corrected chi connectivity index (χ3v) is 2.25. The molecular formula is C9H15N3O. The van der Waals surface area contributed by atoms with E-state index in [9.17, 15) is 4.79 Å². The summed E-state index contributed by atoms with van der Waals surface area (Å²) in [7, 11) is 0. The average Bonchev–Trinajstić information content (AvgIpc) is 2.19. The van der Waals surface area contributed by atoms with E-state index in [0.29, 0.717) is 13.0 Å². The van der Waals surface area contributed by atoms with Gasteiger partial charge in [0.15, 0.2) is 6.19 Å². The summed E-state index contributed by atoms with van der Waals surface area (Å²) in [5.74, 6) is 0.169. The van der Waals surface area contributed by atoms with Gasteiger partial charge in [-0.05, 0) is 19.3 Å². The Bertz CT molecular complexity index is 203. The molecule has 1 aliphatic rings. The maximum Gasteiger partial charge on any atom is 0.224 e. The normalized spacial score (nSPS) is 16.4. The Kier molecular flexibility index (Phi) is 4.10. The zero-order valence-electron chi connectivity index (χ0n) is 7.75. The number of hydrogen-bond donors (Lipinski definition) is 1. The smallest absolute Gasteiger partial charge is 0.224 e. The topological polar surface area (TPSA) is 56.1 Å². The minimum Gasteiger partial charge on any atom is -0.343 e.